The first-order chi connectivity index (χ1) is 9.99. The molecule has 1 heterocycles. The van der Waals surface area contributed by atoms with Crippen LogP contribution in [0.25, 0.3) is 11.3 Å². The van der Waals surface area contributed by atoms with Crippen molar-refractivity contribution >= 4 is 37.8 Å². The molecule has 0 aliphatic carbocycles. The predicted octanol–water partition coefficient (Wildman–Crippen LogP) is 4.80. The average molecular weight is 417 g/mol. The highest BCUT2D eigenvalue weighted by Gasteiger charge is 2.17. The van der Waals surface area contributed by atoms with Crippen molar-refractivity contribution in [3.63, 3.8) is 0 Å². The maximum Gasteiger partial charge on any atom is 0.352 e. The van der Waals surface area contributed by atoms with Gasteiger partial charge in [0.25, 0.3) is 0 Å². The lowest BCUT2D eigenvalue weighted by Crippen LogP contribution is -2.09. The second-order valence-corrected chi connectivity index (χ2v) is 6.24. The van der Waals surface area contributed by atoms with Crippen LogP contribution in [0.5, 0.6) is 5.75 Å². The molecular weight excluding hydrogens is 402 g/mol. The Balaban J connectivity index is 2.64. The van der Waals surface area contributed by atoms with Crippen LogP contribution in [-0.2, 0) is 6.54 Å². The van der Waals surface area contributed by atoms with Crippen molar-refractivity contribution in [2.75, 3.05) is 7.11 Å². The Kier molecular flexibility index (Phi) is 5.11. The zero-order valence-corrected chi connectivity index (χ0v) is 14.9. The fraction of sp³-hybridized carbons (Fsp3) is 0.267. The lowest BCUT2D eigenvalue weighted by Gasteiger charge is -2.14. The lowest BCUT2D eigenvalue weighted by atomic mass is 10.1. The Bertz CT molecular complexity index is 680. The van der Waals surface area contributed by atoms with Gasteiger partial charge >= 0.3 is 5.97 Å². The van der Waals surface area contributed by atoms with Crippen molar-refractivity contribution in [3.05, 3.63) is 38.9 Å². The van der Waals surface area contributed by atoms with Crippen molar-refractivity contribution in [1.29, 1.82) is 0 Å². The topological polar surface area (TPSA) is 51.5 Å². The molecule has 0 fully saturated rings. The number of hydrogen-bond acceptors (Lipinski definition) is 2. The van der Waals surface area contributed by atoms with E-state index in [-0.39, 0.29) is 0 Å². The number of carboxylic acid groups (broad SMARTS) is 1. The molecule has 112 valence electrons. The summed E-state index contributed by atoms with van der Waals surface area (Å²) in [4.78, 5) is 11.3. The average Bonchev–Trinajstić information content (AvgIpc) is 2.83. The molecule has 0 amide bonds. The van der Waals surface area contributed by atoms with Gasteiger partial charge in [0.2, 0.25) is 0 Å². The number of nitrogens with zero attached hydrogens (tertiary/aromatic N) is 1. The SMILES string of the molecule is CCCn1c(C(=O)O)ccc1-c1cc(OC)c(Br)cc1Br. The van der Waals surface area contributed by atoms with Gasteiger partial charge in [-0.2, -0.15) is 0 Å². The Morgan fingerprint density at radius 3 is 2.57 bits per heavy atom. The Labute approximate surface area is 140 Å². The summed E-state index contributed by atoms with van der Waals surface area (Å²) in [7, 11) is 1.60. The molecule has 0 bridgehead atoms. The van der Waals surface area contributed by atoms with Gasteiger partial charge in [0.05, 0.1) is 11.6 Å². The van der Waals surface area contributed by atoms with E-state index in [2.05, 4.69) is 31.9 Å². The molecule has 0 unspecified atom stereocenters. The molecule has 0 aliphatic heterocycles. The summed E-state index contributed by atoms with van der Waals surface area (Å²) in [6, 6.07) is 7.25. The van der Waals surface area contributed by atoms with Gasteiger partial charge in [-0.3, -0.25) is 0 Å². The van der Waals surface area contributed by atoms with Crippen LogP contribution in [0.1, 0.15) is 23.8 Å². The molecule has 0 radical (unpaired) electrons. The van der Waals surface area contributed by atoms with Crippen LogP contribution in [0.4, 0.5) is 0 Å². The van der Waals surface area contributed by atoms with Crippen LogP contribution in [0.2, 0.25) is 0 Å². The molecule has 1 aromatic heterocycles. The van der Waals surface area contributed by atoms with E-state index in [9.17, 15) is 9.90 Å². The van der Waals surface area contributed by atoms with Crippen LogP contribution in [0.3, 0.4) is 0 Å². The van der Waals surface area contributed by atoms with Crippen LogP contribution in [0, 0.1) is 0 Å². The summed E-state index contributed by atoms with van der Waals surface area (Å²) < 4.78 is 8.86. The summed E-state index contributed by atoms with van der Waals surface area (Å²) >= 11 is 6.97. The minimum Gasteiger partial charge on any atom is -0.496 e. The van der Waals surface area contributed by atoms with Gasteiger partial charge in [-0.05, 0) is 46.6 Å². The number of methoxy groups -OCH3 is 1. The third kappa shape index (κ3) is 3.16. The molecule has 6 heteroatoms. The van der Waals surface area contributed by atoms with Gasteiger partial charge in [0, 0.05) is 22.3 Å². The number of hydrogen-bond donors (Lipinski definition) is 1. The molecular formula is C15H15Br2NO3. The van der Waals surface area contributed by atoms with Crippen molar-refractivity contribution in [3.8, 4) is 17.0 Å². The fourth-order valence-corrected chi connectivity index (χ4v) is 3.59. The fourth-order valence-electron chi connectivity index (χ4n) is 2.24. The van der Waals surface area contributed by atoms with E-state index in [0.29, 0.717) is 18.0 Å². The standard InChI is InChI=1S/C15H15Br2NO3/c1-3-6-18-12(4-5-13(18)15(19)20)9-7-14(21-2)11(17)8-10(9)16/h4-5,7-8H,3,6H2,1-2H3,(H,19,20). The first kappa shape index (κ1) is 16.1. The number of benzene rings is 1. The summed E-state index contributed by atoms with van der Waals surface area (Å²) in [6.45, 7) is 2.67. The summed E-state index contributed by atoms with van der Waals surface area (Å²) in [5, 5.41) is 9.30. The van der Waals surface area contributed by atoms with Crippen molar-refractivity contribution in [2.45, 2.75) is 19.9 Å². The maximum absolute atomic E-state index is 11.3. The number of halogens is 2. The second-order valence-electron chi connectivity index (χ2n) is 4.53. The lowest BCUT2D eigenvalue weighted by molar-refractivity contribution is 0.0685. The number of carbonyl (C=O) groups is 1. The second kappa shape index (κ2) is 6.66. The van der Waals surface area contributed by atoms with E-state index in [1.165, 1.54) is 0 Å². The van der Waals surface area contributed by atoms with Gasteiger partial charge in [0.1, 0.15) is 11.4 Å². The zero-order valence-electron chi connectivity index (χ0n) is 11.7. The third-order valence-corrected chi connectivity index (χ3v) is 4.44. The van der Waals surface area contributed by atoms with E-state index in [4.69, 9.17) is 4.74 Å². The maximum atomic E-state index is 11.3. The molecule has 0 saturated heterocycles. The first-order valence-corrected chi connectivity index (χ1v) is 8.04. The van der Waals surface area contributed by atoms with Crippen LogP contribution >= 0.6 is 31.9 Å². The first-order valence-electron chi connectivity index (χ1n) is 6.45. The molecule has 0 spiro atoms. The van der Waals surface area contributed by atoms with Gasteiger partial charge < -0.3 is 14.4 Å². The number of rotatable bonds is 5. The molecule has 1 N–H and O–H groups in total. The molecule has 0 saturated carbocycles. The number of aromatic carboxylic acids is 1. The molecule has 21 heavy (non-hydrogen) atoms. The number of carboxylic acids is 1. The van der Waals surface area contributed by atoms with E-state index in [0.717, 1.165) is 26.6 Å². The summed E-state index contributed by atoms with van der Waals surface area (Å²) in [5.41, 5.74) is 2.04. The van der Waals surface area contributed by atoms with Gasteiger partial charge in [0.15, 0.2) is 0 Å². The molecule has 0 atom stereocenters. The van der Waals surface area contributed by atoms with Crippen molar-refractivity contribution < 1.29 is 14.6 Å². The zero-order chi connectivity index (χ0) is 15.6. The van der Waals surface area contributed by atoms with E-state index >= 15 is 0 Å². The van der Waals surface area contributed by atoms with Crippen molar-refractivity contribution in [1.82, 2.24) is 4.57 Å². The van der Waals surface area contributed by atoms with E-state index < -0.39 is 5.97 Å². The van der Waals surface area contributed by atoms with Crippen molar-refractivity contribution in [2.24, 2.45) is 0 Å². The Morgan fingerprint density at radius 1 is 1.29 bits per heavy atom. The van der Waals surface area contributed by atoms with Gasteiger partial charge in [-0.25, -0.2) is 4.79 Å². The highest BCUT2D eigenvalue weighted by atomic mass is 79.9. The van der Waals surface area contributed by atoms with E-state index in [1.807, 2.05) is 29.7 Å². The normalized spacial score (nSPS) is 10.7. The highest BCUT2D eigenvalue weighted by Crippen LogP contribution is 2.37. The number of ether oxygens (including phenoxy) is 1. The monoisotopic (exact) mass is 415 g/mol. The van der Waals surface area contributed by atoms with E-state index in [1.54, 1.807) is 13.2 Å². The minimum absolute atomic E-state index is 0.292. The highest BCUT2D eigenvalue weighted by molar-refractivity contribution is 9.11. The largest absolute Gasteiger partial charge is 0.496 e. The predicted molar refractivity (Wildman–Crippen MR) is 89.1 cm³/mol. The smallest absolute Gasteiger partial charge is 0.352 e. The quantitative estimate of drug-likeness (QED) is 0.761. The molecule has 0 aliphatic rings. The van der Waals surface area contributed by atoms with Crippen LogP contribution in [-0.4, -0.2) is 22.8 Å². The Morgan fingerprint density at radius 2 is 2.00 bits per heavy atom. The third-order valence-electron chi connectivity index (χ3n) is 3.16. The molecule has 4 nitrogen and oxygen atoms in total. The van der Waals surface area contributed by atoms with Gasteiger partial charge in [-0.15, -0.1) is 0 Å². The summed E-state index contributed by atoms with van der Waals surface area (Å²) in [6.07, 6.45) is 0.854. The number of aromatic nitrogens is 1. The Hall–Kier alpha value is -1.27. The van der Waals surface area contributed by atoms with Crippen LogP contribution < -0.4 is 4.74 Å². The van der Waals surface area contributed by atoms with Gasteiger partial charge in [-0.1, -0.05) is 22.9 Å². The summed E-state index contributed by atoms with van der Waals surface area (Å²) in [5.74, 6) is -0.218. The molecule has 2 rings (SSSR count). The molecule has 2 aromatic rings. The van der Waals surface area contributed by atoms with Crippen LogP contribution in [0.15, 0.2) is 33.2 Å². The minimum atomic E-state index is -0.921. The molecule has 1 aromatic carbocycles.